The van der Waals surface area contributed by atoms with Crippen LogP contribution in [0.3, 0.4) is 0 Å². The van der Waals surface area contributed by atoms with E-state index in [1.807, 2.05) is 6.92 Å². The number of benzene rings is 1. The van der Waals surface area contributed by atoms with Gasteiger partial charge in [0, 0.05) is 32.7 Å². The maximum atomic E-state index is 11.9. The summed E-state index contributed by atoms with van der Waals surface area (Å²) >= 11 is 0. The molecular weight excluding hydrogens is 383 g/mol. The number of carbonyl (C=O) groups is 1. The third-order valence-electron chi connectivity index (χ3n) is 5.16. The van der Waals surface area contributed by atoms with Gasteiger partial charge >= 0.3 is 0 Å². The first-order valence-corrected chi connectivity index (χ1v) is 10.1. The van der Waals surface area contributed by atoms with Crippen molar-refractivity contribution in [1.82, 2.24) is 10.2 Å². The molecule has 0 unspecified atom stereocenters. The van der Waals surface area contributed by atoms with E-state index in [1.165, 1.54) is 12.1 Å². The van der Waals surface area contributed by atoms with Gasteiger partial charge in [0.1, 0.15) is 5.82 Å². The van der Waals surface area contributed by atoms with Crippen LogP contribution < -0.4 is 5.32 Å². The average Bonchev–Trinajstić information content (AvgIpc) is 3.31. The standard InChI is InChI=1S/C10H15NO.C8H15NO2.C6H5F/c1-4-9(3)10(5-2)6-7-11-8-12;1-9-3-6-7(4-9)11-5-8(6)10-2;7-6-4-2-1-3-5-6/h4-5,8H,1-2,6-7H2,3H3,(H,11,12);6-8H,3-5H2,1-2H3;1-5H/b10-9+;;/t;6-,7+,8+;/m.0./s1. The molecule has 0 aromatic heterocycles. The number of halogens is 1. The predicted molar refractivity (Wildman–Crippen MR) is 120 cm³/mol. The predicted octanol–water partition coefficient (Wildman–Crippen LogP) is 3.60. The van der Waals surface area contributed by atoms with E-state index in [9.17, 15) is 9.18 Å². The molecule has 30 heavy (non-hydrogen) atoms. The summed E-state index contributed by atoms with van der Waals surface area (Å²) in [7, 11) is 3.91. The molecule has 2 saturated heterocycles. The normalized spacial score (nSPS) is 23.0. The van der Waals surface area contributed by atoms with E-state index in [-0.39, 0.29) is 5.82 Å². The molecule has 1 N–H and O–H groups in total. The van der Waals surface area contributed by atoms with E-state index in [0.29, 0.717) is 31.1 Å². The molecule has 5 nitrogen and oxygen atoms in total. The number of allylic oxidation sites excluding steroid dienone is 3. The zero-order valence-electron chi connectivity index (χ0n) is 18.4. The summed E-state index contributed by atoms with van der Waals surface area (Å²) in [5.41, 5.74) is 2.23. The highest BCUT2D eigenvalue weighted by molar-refractivity contribution is 5.46. The SMILES string of the molecule is C=C/C(C)=C(\C=C)CCNC=O.CO[C@@H]1CO[C@@H]2CN(C)C[C@H]12.Fc1ccccc1. The third kappa shape index (κ3) is 9.03. The van der Waals surface area contributed by atoms with Crippen molar-refractivity contribution in [2.45, 2.75) is 25.6 Å². The number of methoxy groups -OCH3 is 1. The van der Waals surface area contributed by atoms with E-state index in [4.69, 9.17) is 9.47 Å². The summed E-state index contributed by atoms with van der Waals surface area (Å²) in [6.45, 7) is 13.0. The second-order valence-corrected chi connectivity index (χ2v) is 7.27. The first-order valence-electron chi connectivity index (χ1n) is 10.1. The van der Waals surface area contributed by atoms with Crippen LogP contribution in [0, 0.1) is 11.7 Å². The first kappa shape index (κ1) is 25.8. The summed E-state index contributed by atoms with van der Waals surface area (Å²) in [6.07, 6.45) is 5.86. The molecule has 3 atom stereocenters. The van der Waals surface area contributed by atoms with Crippen LogP contribution in [0.5, 0.6) is 0 Å². The summed E-state index contributed by atoms with van der Waals surface area (Å²) in [4.78, 5) is 12.2. The molecule has 3 rings (SSSR count). The summed E-state index contributed by atoms with van der Waals surface area (Å²) in [6, 6.07) is 7.94. The number of likely N-dealkylation sites (tertiary alicyclic amines) is 1. The van der Waals surface area contributed by atoms with Gasteiger partial charge in [0.05, 0.1) is 18.8 Å². The molecule has 2 aliphatic heterocycles. The average molecular weight is 419 g/mol. The van der Waals surface area contributed by atoms with Crippen molar-refractivity contribution in [3.05, 3.63) is 72.6 Å². The quantitative estimate of drug-likeness (QED) is 0.418. The fourth-order valence-corrected chi connectivity index (χ4v) is 3.38. The van der Waals surface area contributed by atoms with Crippen LogP contribution in [0.4, 0.5) is 4.39 Å². The lowest BCUT2D eigenvalue weighted by Gasteiger charge is -2.14. The van der Waals surface area contributed by atoms with E-state index in [2.05, 4.69) is 30.4 Å². The van der Waals surface area contributed by atoms with Crippen LogP contribution in [-0.2, 0) is 14.3 Å². The monoisotopic (exact) mass is 418 g/mol. The minimum atomic E-state index is -0.178. The Morgan fingerprint density at radius 3 is 2.50 bits per heavy atom. The van der Waals surface area contributed by atoms with Crippen molar-refractivity contribution in [2.24, 2.45) is 5.92 Å². The van der Waals surface area contributed by atoms with Gasteiger partial charge in [-0.2, -0.15) is 0 Å². The van der Waals surface area contributed by atoms with Gasteiger partial charge in [-0.05, 0) is 43.7 Å². The Kier molecular flexibility index (Phi) is 12.6. The number of rotatable bonds is 7. The van der Waals surface area contributed by atoms with Crippen LogP contribution >= 0.6 is 0 Å². The van der Waals surface area contributed by atoms with Crippen molar-refractivity contribution in [3.63, 3.8) is 0 Å². The number of likely N-dealkylation sites (N-methyl/N-ethyl adjacent to an activating group) is 1. The minimum Gasteiger partial charge on any atom is -0.379 e. The molecule has 1 aromatic rings. The Hall–Kier alpha value is -2.28. The topological polar surface area (TPSA) is 50.8 Å². The highest BCUT2D eigenvalue weighted by atomic mass is 19.1. The van der Waals surface area contributed by atoms with Crippen LogP contribution in [0.1, 0.15) is 13.3 Å². The fourth-order valence-electron chi connectivity index (χ4n) is 3.38. The van der Waals surface area contributed by atoms with Gasteiger partial charge in [-0.1, -0.05) is 43.5 Å². The number of ether oxygens (including phenoxy) is 2. The zero-order chi connectivity index (χ0) is 22.4. The molecule has 2 aliphatic rings. The molecule has 166 valence electrons. The van der Waals surface area contributed by atoms with Gasteiger partial charge in [0.15, 0.2) is 0 Å². The number of hydrogen-bond acceptors (Lipinski definition) is 4. The molecule has 6 heteroatoms. The summed E-state index contributed by atoms with van der Waals surface area (Å²) in [5.74, 6) is 0.438. The molecule has 0 bridgehead atoms. The van der Waals surface area contributed by atoms with Crippen LogP contribution in [-0.4, -0.2) is 63.9 Å². The van der Waals surface area contributed by atoms with Gasteiger partial charge in [-0.25, -0.2) is 4.39 Å². The molecule has 1 amide bonds. The molecule has 1 aromatic carbocycles. The van der Waals surface area contributed by atoms with E-state index in [1.54, 1.807) is 37.5 Å². The van der Waals surface area contributed by atoms with Crippen molar-refractivity contribution < 1.29 is 18.7 Å². The Labute approximate surface area is 180 Å². The molecule has 0 spiro atoms. The molecule has 2 fully saturated rings. The Balaban J connectivity index is 0.000000232. The van der Waals surface area contributed by atoms with E-state index >= 15 is 0 Å². The second kappa shape index (κ2) is 14.7. The summed E-state index contributed by atoms with van der Waals surface area (Å²) in [5, 5.41) is 2.60. The molecule has 0 saturated carbocycles. The van der Waals surface area contributed by atoms with Crippen LogP contribution in [0.15, 0.2) is 66.8 Å². The molecular formula is C24H35FN2O3. The zero-order valence-corrected chi connectivity index (χ0v) is 18.4. The van der Waals surface area contributed by atoms with Gasteiger partial charge < -0.3 is 19.7 Å². The fraction of sp³-hybridized carbons (Fsp3) is 0.458. The smallest absolute Gasteiger partial charge is 0.207 e. The Bertz CT molecular complexity index is 676. The summed E-state index contributed by atoms with van der Waals surface area (Å²) < 4.78 is 22.8. The van der Waals surface area contributed by atoms with Gasteiger partial charge in [-0.15, -0.1) is 0 Å². The van der Waals surface area contributed by atoms with Crippen molar-refractivity contribution in [3.8, 4) is 0 Å². The number of hydrogen-bond donors (Lipinski definition) is 1. The Morgan fingerprint density at radius 2 is 2.00 bits per heavy atom. The van der Waals surface area contributed by atoms with Crippen LogP contribution in [0.25, 0.3) is 0 Å². The lowest BCUT2D eigenvalue weighted by molar-refractivity contribution is -0.109. The molecule has 0 radical (unpaired) electrons. The highest BCUT2D eigenvalue weighted by Crippen LogP contribution is 2.29. The van der Waals surface area contributed by atoms with Crippen LogP contribution in [0.2, 0.25) is 0 Å². The first-order chi connectivity index (χ1) is 14.5. The number of amides is 1. The van der Waals surface area contributed by atoms with Crippen molar-refractivity contribution in [1.29, 1.82) is 0 Å². The van der Waals surface area contributed by atoms with Crippen molar-refractivity contribution in [2.75, 3.05) is 40.4 Å². The number of nitrogens with one attached hydrogen (secondary N) is 1. The maximum Gasteiger partial charge on any atom is 0.207 e. The lowest BCUT2D eigenvalue weighted by Crippen LogP contribution is -2.25. The highest BCUT2D eigenvalue weighted by Gasteiger charge is 2.42. The lowest BCUT2D eigenvalue weighted by atomic mass is 10.0. The number of fused-ring (bicyclic) bond motifs is 1. The number of nitrogens with zero attached hydrogens (tertiary/aromatic N) is 1. The van der Waals surface area contributed by atoms with E-state index < -0.39 is 0 Å². The van der Waals surface area contributed by atoms with Crippen molar-refractivity contribution >= 4 is 6.41 Å². The van der Waals surface area contributed by atoms with Gasteiger partial charge in [0.25, 0.3) is 0 Å². The maximum absolute atomic E-state index is 11.9. The number of carbonyl (C=O) groups excluding carboxylic acids is 1. The second-order valence-electron chi connectivity index (χ2n) is 7.27. The molecule has 2 heterocycles. The largest absolute Gasteiger partial charge is 0.379 e. The minimum absolute atomic E-state index is 0.178. The van der Waals surface area contributed by atoms with Gasteiger partial charge in [0.2, 0.25) is 6.41 Å². The Morgan fingerprint density at radius 1 is 1.30 bits per heavy atom. The van der Waals surface area contributed by atoms with E-state index in [0.717, 1.165) is 37.3 Å². The molecule has 0 aliphatic carbocycles. The van der Waals surface area contributed by atoms with Gasteiger partial charge in [-0.3, -0.25) is 4.79 Å². The third-order valence-corrected chi connectivity index (χ3v) is 5.16.